The first kappa shape index (κ1) is 62.2. The van der Waals surface area contributed by atoms with Crippen LogP contribution in [0.1, 0.15) is 126 Å². The number of methoxy groups -OCH3 is 3. The van der Waals surface area contributed by atoms with Crippen LogP contribution in [0.5, 0.6) is 0 Å². The van der Waals surface area contributed by atoms with Gasteiger partial charge in [0.2, 0.25) is 5.79 Å². The normalized spacial score (nSPS) is 36.7. The molecule has 0 aromatic carbocycles. The number of aliphatic hydroxyl groups is 2. The molecule has 15 atom stereocenters. The number of carbonyl (C=O) groups excluding carboxylic acids is 6. The minimum atomic E-state index is -2.45. The maximum absolute atomic E-state index is 14.6. The fourth-order valence-electron chi connectivity index (χ4n) is 10.8. The van der Waals surface area contributed by atoms with E-state index in [0.29, 0.717) is 63.4 Å². The molecule has 4 rings (SSSR count). The number of rotatable bonds is 12. The molecule has 0 spiro atoms. The number of Topliss-reactive ketones (excluding diaryl/α,β-unsaturated/α-hetero) is 3. The van der Waals surface area contributed by atoms with Gasteiger partial charge in [-0.15, -0.1) is 0 Å². The lowest BCUT2D eigenvalue weighted by Gasteiger charge is -2.42. The summed E-state index contributed by atoms with van der Waals surface area (Å²) in [5, 5.41) is 23.5. The number of cyclic esters (lactones) is 1. The molecule has 1 saturated carbocycles. The van der Waals surface area contributed by atoms with Crippen molar-refractivity contribution < 1.29 is 76.9 Å². The summed E-state index contributed by atoms with van der Waals surface area (Å²) >= 11 is 0. The average Bonchev–Trinajstić information content (AvgIpc) is 3.38. The number of aliphatic hydroxyl groups excluding tert-OH is 1. The van der Waals surface area contributed by atoms with Crippen LogP contribution in [0.3, 0.4) is 0 Å². The van der Waals surface area contributed by atoms with Gasteiger partial charge in [-0.25, -0.2) is 9.59 Å². The Morgan fingerprint density at radius 1 is 0.878 bits per heavy atom. The van der Waals surface area contributed by atoms with E-state index in [2.05, 4.69) is 6.58 Å². The van der Waals surface area contributed by atoms with Gasteiger partial charge in [0.1, 0.15) is 43.4 Å². The molecular formula is C57H87NO16. The third-order valence-corrected chi connectivity index (χ3v) is 15.4. The van der Waals surface area contributed by atoms with Gasteiger partial charge in [-0.05, 0) is 107 Å². The molecule has 3 heterocycles. The number of ether oxygens (including phenoxy) is 8. The van der Waals surface area contributed by atoms with Gasteiger partial charge in [0.05, 0.1) is 31.0 Å². The van der Waals surface area contributed by atoms with E-state index in [1.165, 1.54) is 18.1 Å². The zero-order chi connectivity index (χ0) is 54.7. The number of ketones is 3. The number of hydrogen-bond acceptors (Lipinski definition) is 16. The number of carbonyl (C=O) groups is 6. The van der Waals surface area contributed by atoms with Crippen LogP contribution in [-0.4, -0.2) is 153 Å². The first-order chi connectivity index (χ1) is 35.2. The second kappa shape index (κ2) is 30.4. The van der Waals surface area contributed by atoms with Crippen LogP contribution in [0.4, 0.5) is 4.79 Å². The van der Waals surface area contributed by atoms with Gasteiger partial charge < -0.3 is 53.0 Å². The molecule has 416 valence electrons. The zero-order valence-electron chi connectivity index (χ0n) is 45.7. The maximum atomic E-state index is 14.6. The maximum Gasteiger partial charge on any atom is 0.508 e. The molecule has 0 unspecified atom stereocenters. The summed E-state index contributed by atoms with van der Waals surface area (Å²) in [6, 6.07) is -1.17. The molecule has 0 aromatic rings. The molecule has 3 fully saturated rings. The van der Waals surface area contributed by atoms with Crippen LogP contribution in [-0.2, 0) is 61.9 Å². The van der Waals surface area contributed by atoms with E-state index in [9.17, 15) is 39.0 Å². The number of esters is 1. The monoisotopic (exact) mass is 1040 g/mol. The lowest BCUT2D eigenvalue weighted by Crippen LogP contribution is -2.61. The lowest BCUT2D eigenvalue weighted by atomic mass is 9.78. The number of amides is 1. The molecule has 4 aliphatic rings. The summed E-state index contributed by atoms with van der Waals surface area (Å²) in [5.41, 5.74) is 1.24. The SMILES string of the molecule is C=CCOC(=O)OCCO[C@@H]1CC[C@@H](C[C@@H](C)[C@@H]2CC(=O)[C@H](C)/C=C(\C)[C@@H](O)[C@@H](OC)C(=O)[C@H](C)C[C@H](C)/C=C/C=C/C=C(\C)[C@@H](OC)C[C@@H]3CC[C@@H](C)[C@@](O)(O3)C(=O)C(=O)N3CCCC[C@H]3C(=O)O2)C[C@H]1OC. The number of allylic oxidation sites excluding steroid dienone is 6. The van der Waals surface area contributed by atoms with E-state index in [1.54, 1.807) is 41.1 Å². The van der Waals surface area contributed by atoms with Crippen LogP contribution in [0, 0.1) is 35.5 Å². The third kappa shape index (κ3) is 17.6. The molecule has 2 N–H and O–H groups in total. The predicted molar refractivity (Wildman–Crippen MR) is 276 cm³/mol. The Hall–Kier alpha value is -4.36. The Morgan fingerprint density at radius 3 is 2.31 bits per heavy atom. The van der Waals surface area contributed by atoms with Gasteiger partial charge in [-0.1, -0.05) is 83.7 Å². The predicted octanol–water partition coefficient (Wildman–Crippen LogP) is 7.54. The molecule has 0 radical (unpaired) electrons. The fourth-order valence-corrected chi connectivity index (χ4v) is 10.8. The van der Waals surface area contributed by atoms with Crippen molar-refractivity contribution in [1.29, 1.82) is 0 Å². The Balaban J connectivity index is 1.65. The molecule has 0 aromatic heterocycles. The van der Waals surface area contributed by atoms with Crippen LogP contribution >= 0.6 is 0 Å². The van der Waals surface area contributed by atoms with E-state index in [-0.39, 0.29) is 80.7 Å². The number of fused-ring (bicyclic) bond motifs is 3. The summed E-state index contributed by atoms with van der Waals surface area (Å²) < 4.78 is 45.8. The smallest absolute Gasteiger partial charge is 0.460 e. The molecule has 17 heteroatoms. The summed E-state index contributed by atoms with van der Waals surface area (Å²) in [6.07, 6.45) is 11.9. The highest BCUT2D eigenvalue weighted by atomic mass is 16.7. The largest absolute Gasteiger partial charge is 0.508 e. The van der Waals surface area contributed by atoms with Gasteiger partial charge in [0.15, 0.2) is 5.78 Å². The van der Waals surface area contributed by atoms with Crippen molar-refractivity contribution in [3.63, 3.8) is 0 Å². The molecule has 17 nitrogen and oxygen atoms in total. The van der Waals surface area contributed by atoms with E-state index in [0.717, 1.165) is 12.0 Å². The van der Waals surface area contributed by atoms with E-state index < -0.39 is 83.9 Å². The van der Waals surface area contributed by atoms with Crippen LogP contribution < -0.4 is 0 Å². The number of hydrogen-bond donors (Lipinski definition) is 2. The van der Waals surface area contributed by atoms with Gasteiger partial charge in [-0.2, -0.15) is 0 Å². The van der Waals surface area contributed by atoms with Crippen molar-refractivity contribution in [3.8, 4) is 0 Å². The van der Waals surface area contributed by atoms with Crippen molar-refractivity contribution >= 4 is 35.4 Å². The van der Waals surface area contributed by atoms with Crippen molar-refractivity contribution in [1.82, 2.24) is 4.90 Å². The average molecular weight is 1040 g/mol. The lowest BCUT2D eigenvalue weighted by molar-refractivity contribution is -0.265. The fraction of sp³-hybridized carbons (Fsp3) is 0.719. The molecule has 2 bridgehead atoms. The third-order valence-electron chi connectivity index (χ3n) is 15.4. The van der Waals surface area contributed by atoms with Gasteiger partial charge >= 0.3 is 12.1 Å². The van der Waals surface area contributed by atoms with E-state index in [4.69, 9.17) is 37.9 Å². The highest BCUT2D eigenvalue weighted by Crippen LogP contribution is 2.38. The topological polar surface area (TPSA) is 220 Å². The quantitative estimate of drug-likeness (QED) is 0.0834. The standard InChI is InChI=1S/C57H87NO16/c1-12-26-71-56(65)72-28-27-70-46-24-22-42(32-49(46)68-10)31-38(5)48-34-45(59)37(4)30-40(7)51(61)52(69-11)50(60)39(6)29-35(2)18-14-13-15-19-36(3)47(67-9)33-43-23-21-41(8)57(66,74-43)53(62)54(63)58-25-17-16-20-44(58)55(64)73-48/h12-15,18-19,30,35,37-39,41-44,46-49,51-52,61,66H,1,16-17,20-29,31-34H2,2-11H3/b15-13+,18-14+,36-19+,40-30+/t35-,37-,38-,39-,41-,42+,43+,44+,46-,47+,48+,49-,51-,52+,57-/m1/s1. The highest BCUT2D eigenvalue weighted by molar-refractivity contribution is 6.39. The molecule has 2 saturated heterocycles. The highest BCUT2D eigenvalue weighted by Gasteiger charge is 2.53. The first-order valence-corrected chi connectivity index (χ1v) is 26.7. The van der Waals surface area contributed by atoms with E-state index in [1.807, 2.05) is 58.1 Å². The Morgan fingerprint density at radius 2 is 1.62 bits per heavy atom. The molecular weight excluding hydrogens is 955 g/mol. The summed E-state index contributed by atoms with van der Waals surface area (Å²) in [6.45, 7) is 16.4. The Labute approximate surface area is 439 Å². The zero-order valence-corrected chi connectivity index (χ0v) is 45.7. The van der Waals surface area contributed by atoms with Crippen molar-refractivity contribution in [2.24, 2.45) is 35.5 Å². The summed E-state index contributed by atoms with van der Waals surface area (Å²) in [4.78, 5) is 84.2. The van der Waals surface area contributed by atoms with Crippen LogP contribution in [0.15, 0.2) is 60.3 Å². The molecule has 1 aliphatic carbocycles. The number of piperidine rings is 1. The van der Waals surface area contributed by atoms with Crippen LogP contribution in [0.25, 0.3) is 0 Å². The minimum absolute atomic E-state index is 0.00320. The van der Waals surface area contributed by atoms with Gasteiger partial charge in [0, 0.05) is 58.5 Å². The number of nitrogens with zero attached hydrogens (tertiary/aromatic N) is 1. The second-order valence-corrected chi connectivity index (χ2v) is 21.1. The minimum Gasteiger partial charge on any atom is -0.460 e. The second-order valence-electron chi connectivity index (χ2n) is 21.1. The van der Waals surface area contributed by atoms with Gasteiger partial charge in [0.25, 0.3) is 11.7 Å². The Kier molecular flexibility index (Phi) is 25.5. The van der Waals surface area contributed by atoms with Crippen LogP contribution in [0.2, 0.25) is 0 Å². The van der Waals surface area contributed by atoms with E-state index >= 15 is 0 Å². The molecule has 1 amide bonds. The Bertz CT molecular complexity index is 2010. The van der Waals surface area contributed by atoms with Crippen molar-refractivity contribution in [3.05, 3.63) is 60.3 Å². The molecule has 74 heavy (non-hydrogen) atoms. The van der Waals surface area contributed by atoms with Gasteiger partial charge in [-0.3, -0.25) is 19.2 Å². The van der Waals surface area contributed by atoms with Crippen molar-refractivity contribution in [2.75, 3.05) is 47.7 Å². The van der Waals surface area contributed by atoms with Crippen molar-refractivity contribution in [2.45, 2.75) is 180 Å². The summed E-state index contributed by atoms with van der Waals surface area (Å²) in [7, 11) is 4.55. The summed E-state index contributed by atoms with van der Waals surface area (Å²) in [5.74, 6) is -8.24. The molecule has 3 aliphatic heterocycles. The first-order valence-electron chi connectivity index (χ1n) is 26.7.